The first kappa shape index (κ1) is 17.9. The van der Waals surface area contributed by atoms with Crippen molar-refractivity contribution in [1.82, 2.24) is 0 Å². The maximum Gasteiger partial charge on any atom is 1.00 e. The quantitative estimate of drug-likeness (QED) is 0.474. The molecule has 0 rings (SSSR count). The fourth-order valence-electron chi connectivity index (χ4n) is 0.596. The summed E-state index contributed by atoms with van der Waals surface area (Å²) in [5.74, 6) is 1.47. The van der Waals surface area contributed by atoms with Crippen molar-refractivity contribution in [2.24, 2.45) is 5.92 Å². The number of hydrogen-bond acceptors (Lipinski definition) is 4. The molecule has 0 aliphatic heterocycles. The molecule has 0 spiro atoms. The Kier molecular flexibility index (Phi) is 13.5. The van der Waals surface area contributed by atoms with Crippen molar-refractivity contribution in [3.05, 3.63) is 0 Å². The smallest absolute Gasteiger partial charge is 0.793 e. The third-order valence-corrected chi connectivity index (χ3v) is 5.62. The molecule has 0 saturated heterocycles. The molecule has 0 fully saturated rings. The molecule has 2 nitrogen and oxygen atoms in total. The molecule has 0 aromatic heterocycles. The van der Waals surface area contributed by atoms with E-state index in [1.54, 1.807) is 0 Å². The summed E-state index contributed by atoms with van der Waals surface area (Å²) >= 11 is 6.07. The van der Waals surface area contributed by atoms with Crippen LogP contribution in [0, 0.1) is 5.92 Å². The zero-order chi connectivity index (χ0) is 9.61. The van der Waals surface area contributed by atoms with Gasteiger partial charge in [-0.1, -0.05) is 25.7 Å². The van der Waals surface area contributed by atoms with Crippen LogP contribution in [-0.4, -0.2) is 12.4 Å². The summed E-state index contributed by atoms with van der Waals surface area (Å²) in [5.41, 5.74) is -2.75. The van der Waals surface area contributed by atoms with Crippen LogP contribution in [0.2, 0.25) is 0 Å². The van der Waals surface area contributed by atoms with Crippen LogP contribution < -0.4 is 56.3 Å². The minimum absolute atomic E-state index is 0. The summed E-state index contributed by atoms with van der Waals surface area (Å²) in [6.07, 6.45) is 1.04. The Bertz CT molecular complexity index is 167. The molecular weight excluding hydrogens is 250 g/mol. The SMILES string of the molecule is CCOP([O-])(=S)SCCC(C)C.[K+]. The van der Waals surface area contributed by atoms with E-state index < -0.39 is 5.69 Å². The van der Waals surface area contributed by atoms with E-state index in [2.05, 4.69) is 13.8 Å². The third-order valence-electron chi connectivity index (χ3n) is 1.23. The van der Waals surface area contributed by atoms with E-state index in [9.17, 15) is 4.89 Å². The number of hydrogen-bond donors (Lipinski definition) is 0. The van der Waals surface area contributed by atoms with Gasteiger partial charge < -0.3 is 9.42 Å². The third kappa shape index (κ3) is 12.5. The fraction of sp³-hybridized carbons (Fsp3) is 1.00. The maximum atomic E-state index is 11.4. The van der Waals surface area contributed by atoms with Crippen LogP contribution in [0.1, 0.15) is 27.2 Å². The van der Waals surface area contributed by atoms with Gasteiger partial charge in [0.05, 0.1) is 0 Å². The van der Waals surface area contributed by atoms with Gasteiger partial charge in [0.1, 0.15) is 0 Å². The van der Waals surface area contributed by atoms with E-state index in [1.807, 2.05) is 6.92 Å². The fourth-order valence-corrected chi connectivity index (χ4v) is 4.30. The molecule has 1 atom stereocenters. The first-order chi connectivity index (χ1) is 5.48. The standard InChI is InChI=1S/C7H17O2PS2.K/c1-4-9-10(8,11)12-6-5-7(2)3;/h7H,4-6H2,1-3H3,(H,8,11);/q;+1/p-1. The van der Waals surface area contributed by atoms with E-state index in [0.29, 0.717) is 12.5 Å². The Morgan fingerprint density at radius 1 is 1.54 bits per heavy atom. The van der Waals surface area contributed by atoms with Crippen molar-refractivity contribution >= 4 is 28.9 Å². The van der Waals surface area contributed by atoms with Gasteiger partial charge in [0.15, 0.2) is 0 Å². The molecule has 0 saturated carbocycles. The van der Waals surface area contributed by atoms with Crippen LogP contribution in [0.15, 0.2) is 0 Å². The zero-order valence-corrected chi connectivity index (χ0v) is 14.4. The predicted molar refractivity (Wildman–Crippen MR) is 57.8 cm³/mol. The summed E-state index contributed by atoms with van der Waals surface area (Å²) in [6, 6.07) is 0. The minimum Gasteiger partial charge on any atom is -0.793 e. The Balaban J connectivity index is 0. The Morgan fingerprint density at radius 2 is 2.08 bits per heavy atom. The largest absolute Gasteiger partial charge is 1.00 e. The van der Waals surface area contributed by atoms with Crippen molar-refractivity contribution in [3.8, 4) is 0 Å². The second-order valence-corrected chi connectivity index (χ2v) is 9.05. The van der Waals surface area contributed by atoms with Crippen molar-refractivity contribution in [2.75, 3.05) is 12.4 Å². The second kappa shape index (κ2) is 9.76. The summed E-state index contributed by atoms with van der Waals surface area (Å²) < 4.78 is 4.94. The van der Waals surface area contributed by atoms with Crippen molar-refractivity contribution in [3.63, 3.8) is 0 Å². The Hall–Kier alpha value is 2.56. The van der Waals surface area contributed by atoms with Gasteiger partial charge in [-0.2, -0.15) is 0 Å². The van der Waals surface area contributed by atoms with Gasteiger partial charge in [-0.25, -0.2) is 0 Å². The molecule has 0 amide bonds. The average Bonchev–Trinajstić information content (AvgIpc) is 1.85. The molecule has 0 N–H and O–H groups in total. The van der Waals surface area contributed by atoms with Crippen molar-refractivity contribution in [1.29, 1.82) is 0 Å². The molecule has 0 radical (unpaired) electrons. The second-order valence-electron chi connectivity index (χ2n) is 2.88. The minimum atomic E-state index is -2.75. The van der Waals surface area contributed by atoms with E-state index in [4.69, 9.17) is 16.3 Å². The molecule has 0 aromatic carbocycles. The summed E-state index contributed by atoms with van der Waals surface area (Å²) in [4.78, 5) is 11.4. The van der Waals surface area contributed by atoms with Gasteiger partial charge in [-0.15, -0.1) is 11.4 Å². The average molecular weight is 266 g/mol. The van der Waals surface area contributed by atoms with Crippen LogP contribution in [0.25, 0.3) is 0 Å². The van der Waals surface area contributed by atoms with Crippen LogP contribution in [0.5, 0.6) is 0 Å². The molecule has 74 valence electrons. The molecule has 0 heterocycles. The van der Waals surface area contributed by atoms with Crippen LogP contribution in [0.3, 0.4) is 0 Å². The summed E-state index contributed by atoms with van der Waals surface area (Å²) in [6.45, 7) is 6.52. The zero-order valence-electron chi connectivity index (χ0n) is 8.78. The van der Waals surface area contributed by atoms with Crippen molar-refractivity contribution < 1.29 is 60.8 Å². The molecule has 0 bridgehead atoms. The first-order valence-corrected chi connectivity index (χ1v) is 8.31. The van der Waals surface area contributed by atoms with Crippen LogP contribution >= 0.6 is 17.1 Å². The molecule has 13 heavy (non-hydrogen) atoms. The van der Waals surface area contributed by atoms with Gasteiger partial charge >= 0.3 is 51.4 Å². The topological polar surface area (TPSA) is 32.3 Å². The van der Waals surface area contributed by atoms with Gasteiger partial charge in [0, 0.05) is 12.3 Å². The normalized spacial score (nSPS) is 15.2. The van der Waals surface area contributed by atoms with E-state index in [-0.39, 0.29) is 51.4 Å². The molecule has 6 heteroatoms. The molecular formula is C7H16KO2PS2. The van der Waals surface area contributed by atoms with E-state index in [1.165, 1.54) is 11.4 Å². The Morgan fingerprint density at radius 3 is 2.46 bits per heavy atom. The maximum absolute atomic E-state index is 11.4. The molecule has 0 aliphatic rings. The predicted octanol–water partition coefficient (Wildman–Crippen LogP) is -0.609. The van der Waals surface area contributed by atoms with Gasteiger partial charge in [-0.3, -0.25) is 0 Å². The van der Waals surface area contributed by atoms with Crippen molar-refractivity contribution in [2.45, 2.75) is 27.2 Å². The van der Waals surface area contributed by atoms with E-state index in [0.717, 1.165) is 12.2 Å². The summed E-state index contributed by atoms with van der Waals surface area (Å²) in [7, 11) is 0. The van der Waals surface area contributed by atoms with Gasteiger partial charge in [-0.05, 0) is 25.0 Å². The number of rotatable bonds is 6. The van der Waals surface area contributed by atoms with E-state index >= 15 is 0 Å². The monoisotopic (exact) mass is 266 g/mol. The first-order valence-electron chi connectivity index (χ1n) is 4.08. The Labute approximate surface area is 133 Å². The summed E-state index contributed by atoms with van der Waals surface area (Å²) in [5, 5.41) is 0. The molecule has 0 aliphatic carbocycles. The van der Waals surface area contributed by atoms with Crippen LogP contribution in [-0.2, 0) is 16.3 Å². The molecule has 0 aromatic rings. The van der Waals surface area contributed by atoms with Gasteiger partial charge in [0.2, 0.25) is 0 Å². The van der Waals surface area contributed by atoms with Crippen LogP contribution in [0.4, 0.5) is 0 Å². The molecule has 1 unspecified atom stereocenters. The van der Waals surface area contributed by atoms with Gasteiger partial charge in [0.25, 0.3) is 0 Å².